The van der Waals surface area contributed by atoms with Gasteiger partial charge in [0, 0.05) is 10.5 Å². The number of nitro benzene ring substituents is 1. The smallest absolute Gasteiger partial charge is 0.274 e. The zero-order valence-electron chi connectivity index (χ0n) is 12.5. The number of halogens is 1. The molecule has 1 saturated heterocycles. The van der Waals surface area contributed by atoms with Gasteiger partial charge in [-0.15, -0.1) is 0 Å². The molecule has 122 valence electrons. The lowest BCUT2D eigenvalue weighted by Crippen LogP contribution is -2.40. The Morgan fingerprint density at radius 1 is 1.08 bits per heavy atom. The maximum absolute atomic E-state index is 13.0. The summed E-state index contributed by atoms with van der Waals surface area (Å²) in [5.74, 6) is -0.00290. The topological polar surface area (TPSA) is 80.5 Å². The van der Waals surface area contributed by atoms with Crippen molar-refractivity contribution in [2.45, 2.75) is 6.42 Å². The largest absolute Gasteiger partial charge is 0.294 e. The standard InChI is InChI=1S/C17H13BrN2O4/c18-7-1-4-12(13(5-7)20(23)24)19-16(21)14-8-2-3-9(11-6-10(8)11)15(14)17(19)22/h1-5,8-11,14-15H,6H2/t8-,9-,10-,11+,14+,15+/m1/s1. The van der Waals surface area contributed by atoms with Gasteiger partial charge in [-0.05, 0) is 42.2 Å². The van der Waals surface area contributed by atoms with Crippen LogP contribution in [0.4, 0.5) is 11.4 Å². The molecule has 2 amide bonds. The molecule has 6 nitrogen and oxygen atoms in total. The van der Waals surface area contributed by atoms with Crippen LogP contribution in [0.3, 0.4) is 0 Å². The SMILES string of the molecule is O=C1[C@H]2[C@@H]3C=C[C@H]([C@@H]4C[C@H]34)[C@@H]2C(=O)N1c1ccc(Br)cc1[N+](=O)[O-]. The van der Waals surface area contributed by atoms with E-state index in [2.05, 4.69) is 28.1 Å². The van der Waals surface area contributed by atoms with E-state index in [-0.39, 0.29) is 46.9 Å². The van der Waals surface area contributed by atoms with E-state index in [1.165, 1.54) is 12.1 Å². The number of amides is 2. The summed E-state index contributed by atoms with van der Waals surface area (Å²) in [6.07, 6.45) is 5.27. The molecule has 1 aromatic carbocycles. The first-order chi connectivity index (χ1) is 11.5. The highest BCUT2D eigenvalue weighted by Gasteiger charge is 2.67. The van der Waals surface area contributed by atoms with Gasteiger partial charge in [-0.2, -0.15) is 0 Å². The summed E-state index contributed by atoms with van der Waals surface area (Å²) in [6.45, 7) is 0. The molecule has 1 aliphatic heterocycles. The van der Waals surface area contributed by atoms with Crippen LogP contribution in [0, 0.1) is 45.6 Å². The molecule has 5 aliphatic rings. The number of carbonyl (C=O) groups excluding carboxylic acids is 2. The molecule has 0 N–H and O–H groups in total. The highest BCUT2D eigenvalue weighted by molar-refractivity contribution is 9.10. The second-order valence-corrected chi connectivity index (χ2v) is 7.97. The van der Waals surface area contributed by atoms with Gasteiger partial charge in [0.25, 0.3) is 5.69 Å². The minimum Gasteiger partial charge on any atom is -0.274 e. The summed E-state index contributed by atoms with van der Waals surface area (Å²) in [6, 6.07) is 4.43. The first-order valence-electron chi connectivity index (χ1n) is 7.99. The first-order valence-corrected chi connectivity index (χ1v) is 8.78. The first kappa shape index (κ1) is 14.3. The number of hydrogen-bond acceptors (Lipinski definition) is 4. The van der Waals surface area contributed by atoms with Crippen LogP contribution in [-0.2, 0) is 9.59 Å². The van der Waals surface area contributed by atoms with E-state index < -0.39 is 4.92 Å². The van der Waals surface area contributed by atoms with Gasteiger partial charge in [0.15, 0.2) is 0 Å². The Hall–Kier alpha value is -2.02. The van der Waals surface area contributed by atoms with Gasteiger partial charge in [-0.25, -0.2) is 4.90 Å². The Balaban J connectivity index is 1.61. The summed E-state index contributed by atoms with van der Waals surface area (Å²) in [4.78, 5) is 37.9. The van der Waals surface area contributed by atoms with Crippen molar-refractivity contribution in [1.82, 2.24) is 0 Å². The highest BCUT2D eigenvalue weighted by atomic mass is 79.9. The van der Waals surface area contributed by atoms with Gasteiger partial charge in [-0.3, -0.25) is 19.7 Å². The number of hydrogen-bond donors (Lipinski definition) is 0. The molecule has 0 spiro atoms. The molecule has 6 rings (SSSR count). The van der Waals surface area contributed by atoms with Crippen molar-refractivity contribution in [3.05, 3.63) is 44.9 Å². The molecule has 2 bridgehead atoms. The maximum atomic E-state index is 13.0. The van der Waals surface area contributed by atoms with Gasteiger partial charge in [0.05, 0.1) is 16.8 Å². The van der Waals surface area contributed by atoms with E-state index in [1.54, 1.807) is 6.07 Å². The number of carbonyl (C=O) groups is 2. The number of benzene rings is 1. The molecule has 0 unspecified atom stereocenters. The third-order valence-electron chi connectivity index (χ3n) is 6.04. The van der Waals surface area contributed by atoms with Crippen LogP contribution < -0.4 is 4.90 Å². The second-order valence-electron chi connectivity index (χ2n) is 7.06. The summed E-state index contributed by atoms with van der Waals surface area (Å²) in [5, 5.41) is 11.4. The number of anilines is 1. The van der Waals surface area contributed by atoms with Gasteiger partial charge in [0.1, 0.15) is 5.69 Å². The van der Waals surface area contributed by atoms with Crippen molar-refractivity contribution in [2.75, 3.05) is 4.90 Å². The number of rotatable bonds is 2. The monoisotopic (exact) mass is 388 g/mol. The number of nitro groups is 1. The fraction of sp³-hybridized carbons (Fsp3) is 0.412. The predicted molar refractivity (Wildman–Crippen MR) is 88.0 cm³/mol. The summed E-state index contributed by atoms with van der Waals surface area (Å²) in [7, 11) is 0. The van der Waals surface area contributed by atoms with E-state index in [0.717, 1.165) is 11.3 Å². The van der Waals surface area contributed by atoms with Crippen molar-refractivity contribution in [3.63, 3.8) is 0 Å². The lowest BCUT2D eigenvalue weighted by Gasteiger charge is -2.37. The molecule has 6 atom stereocenters. The van der Waals surface area contributed by atoms with Crippen molar-refractivity contribution in [1.29, 1.82) is 0 Å². The minimum atomic E-state index is -0.549. The normalized spacial score (nSPS) is 38.3. The lowest BCUT2D eigenvalue weighted by atomic mass is 9.63. The zero-order valence-corrected chi connectivity index (χ0v) is 14.0. The van der Waals surface area contributed by atoms with Gasteiger partial charge in [0.2, 0.25) is 11.8 Å². The van der Waals surface area contributed by atoms with Crippen LogP contribution in [0.2, 0.25) is 0 Å². The van der Waals surface area contributed by atoms with E-state index >= 15 is 0 Å². The fourth-order valence-electron chi connectivity index (χ4n) is 5.03. The van der Waals surface area contributed by atoms with E-state index in [4.69, 9.17) is 0 Å². The quantitative estimate of drug-likeness (QED) is 0.337. The number of nitrogens with zero attached hydrogens (tertiary/aromatic N) is 2. The van der Waals surface area contributed by atoms with Crippen LogP contribution in [0.1, 0.15) is 6.42 Å². The second kappa shape index (κ2) is 4.53. The Bertz CT molecular complexity index is 815. The van der Waals surface area contributed by atoms with E-state index in [1.807, 2.05) is 0 Å². The average Bonchev–Trinajstić information content (AvgIpc) is 3.33. The Kier molecular flexibility index (Phi) is 2.71. The molecule has 4 aliphatic carbocycles. The Morgan fingerprint density at radius 2 is 1.67 bits per heavy atom. The minimum absolute atomic E-state index is 0.0840. The van der Waals surface area contributed by atoms with Crippen LogP contribution in [0.15, 0.2) is 34.8 Å². The van der Waals surface area contributed by atoms with E-state index in [9.17, 15) is 19.7 Å². The average molecular weight is 389 g/mol. The molecule has 1 aromatic rings. The van der Waals surface area contributed by atoms with Gasteiger partial charge >= 0.3 is 0 Å². The summed E-state index contributed by atoms with van der Waals surface area (Å²) >= 11 is 3.20. The van der Waals surface area contributed by atoms with Crippen LogP contribution in [0.25, 0.3) is 0 Å². The predicted octanol–water partition coefficient (Wildman–Crippen LogP) is 2.91. The van der Waals surface area contributed by atoms with Crippen LogP contribution in [-0.4, -0.2) is 16.7 Å². The molecule has 1 heterocycles. The highest BCUT2D eigenvalue weighted by Crippen LogP contribution is 2.65. The van der Waals surface area contributed by atoms with Crippen molar-refractivity contribution < 1.29 is 14.5 Å². The van der Waals surface area contributed by atoms with E-state index in [0.29, 0.717) is 16.3 Å². The molecule has 7 heteroatoms. The summed E-state index contributed by atoms with van der Waals surface area (Å²) < 4.78 is 0.539. The Labute approximate surface area is 145 Å². The fourth-order valence-corrected chi connectivity index (χ4v) is 5.38. The lowest BCUT2D eigenvalue weighted by molar-refractivity contribution is -0.384. The third kappa shape index (κ3) is 1.65. The molecular weight excluding hydrogens is 376 g/mol. The molecule has 24 heavy (non-hydrogen) atoms. The van der Waals surface area contributed by atoms with Gasteiger partial charge < -0.3 is 0 Å². The van der Waals surface area contributed by atoms with Crippen molar-refractivity contribution in [2.24, 2.45) is 35.5 Å². The summed E-state index contributed by atoms with van der Waals surface area (Å²) in [5.41, 5.74) is -0.143. The van der Waals surface area contributed by atoms with Crippen LogP contribution in [0.5, 0.6) is 0 Å². The molecule has 0 radical (unpaired) electrons. The Morgan fingerprint density at radius 3 is 2.21 bits per heavy atom. The number of allylic oxidation sites excluding steroid dienone is 2. The van der Waals surface area contributed by atoms with Crippen LogP contribution >= 0.6 is 15.9 Å². The van der Waals surface area contributed by atoms with Gasteiger partial charge in [-0.1, -0.05) is 28.1 Å². The molecule has 0 aromatic heterocycles. The molecule has 2 saturated carbocycles. The molecule has 3 fully saturated rings. The zero-order chi connectivity index (χ0) is 16.7. The van der Waals surface area contributed by atoms with Crippen molar-refractivity contribution >= 4 is 39.1 Å². The maximum Gasteiger partial charge on any atom is 0.294 e. The number of imide groups is 1. The molecular formula is C17H13BrN2O4. The van der Waals surface area contributed by atoms with Crippen molar-refractivity contribution in [3.8, 4) is 0 Å². The third-order valence-corrected chi connectivity index (χ3v) is 6.53.